The molecule has 4 rings (SSSR count). The van der Waals surface area contributed by atoms with Gasteiger partial charge in [0.15, 0.2) is 23.1 Å². The van der Waals surface area contributed by atoms with E-state index in [1.807, 2.05) is 20.8 Å². The van der Waals surface area contributed by atoms with Crippen LogP contribution < -0.4 is 35.5 Å². The Labute approximate surface area is 227 Å². The van der Waals surface area contributed by atoms with Gasteiger partial charge in [-0.25, -0.2) is 18.7 Å². The van der Waals surface area contributed by atoms with Gasteiger partial charge in [-0.2, -0.15) is 0 Å². The number of aromatic nitrogens is 4. The van der Waals surface area contributed by atoms with E-state index in [0.717, 1.165) is 15.3 Å². The fourth-order valence-electron chi connectivity index (χ4n) is 3.82. The highest BCUT2D eigenvalue weighted by Crippen LogP contribution is 2.37. The van der Waals surface area contributed by atoms with Crippen molar-refractivity contribution in [2.45, 2.75) is 27.3 Å². The summed E-state index contributed by atoms with van der Waals surface area (Å²) in [4.78, 5) is 41.9. The van der Waals surface area contributed by atoms with Crippen molar-refractivity contribution in [1.29, 1.82) is 0 Å². The second-order valence-corrected chi connectivity index (χ2v) is 9.96. The number of carbonyl (C=O) groups excluding carboxylic acids is 1. The zero-order valence-corrected chi connectivity index (χ0v) is 22.8. The molecule has 1 amide bonds. The zero-order valence-electron chi connectivity index (χ0n) is 22.8. The van der Waals surface area contributed by atoms with Crippen molar-refractivity contribution < 1.29 is 28.1 Å². The molecule has 0 fully saturated rings. The van der Waals surface area contributed by atoms with Gasteiger partial charge in [-0.1, -0.05) is 20.8 Å². The predicted molar refractivity (Wildman–Crippen MR) is 144 cm³/mol. The van der Waals surface area contributed by atoms with Crippen LogP contribution in [0, 0.1) is 11.2 Å². The first-order valence-corrected chi connectivity index (χ1v) is 12.1. The summed E-state index contributed by atoms with van der Waals surface area (Å²) in [5, 5.41) is 6.64. The maximum absolute atomic E-state index is 15.0. The molecule has 2 aromatic heterocycles. The van der Waals surface area contributed by atoms with Crippen LogP contribution in [-0.4, -0.2) is 39.6 Å². The van der Waals surface area contributed by atoms with Gasteiger partial charge in [0.25, 0.3) is 0 Å². The van der Waals surface area contributed by atoms with Gasteiger partial charge in [0.1, 0.15) is 5.75 Å². The summed E-state index contributed by atoms with van der Waals surface area (Å²) in [6.45, 7) is 5.62. The first-order valence-electron chi connectivity index (χ1n) is 12.1. The molecule has 0 aliphatic heterocycles. The number of nitrogens with one attached hydrogen (secondary N) is 1. The number of ether oxygens (including phenoxy) is 4. The van der Waals surface area contributed by atoms with E-state index in [2.05, 4.69) is 15.4 Å². The number of fused-ring (bicyclic) bond motifs is 1. The molecule has 4 aromatic rings. The summed E-state index contributed by atoms with van der Waals surface area (Å²) < 4.78 is 38.3. The van der Waals surface area contributed by atoms with Gasteiger partial charge in [0.2, 0.25) is 0 Å². The van der Waals surface area contributed by atoms with Crippen LogP contribution in [0.1, 0.15) is 20.8 Å². The molecular formula is C27H28FN5O7. The molecule has 2 heterocycles. The molecule has 0 spiro atoms. The lowest BCUT2D eigenvalue weighted by Gasteiger charge is -2.19. The molecule has 12 nitrogen and oxygen atoms in total. The van der Waals surface area contributed by atoms with Crippen LogP contribution in [0.2, 0.25) is 0 Å². The molecule has 0 saturated heterocycles. The lowest BCUT2D eigenvalue weighted by molar-refractivity contribution is 0.209. The minimum atomic E-state index is -1.10. The van der Waals surface area contributed by atoms with E-state index in [0.29, 0.717) is 28.2 Å². The molecule has 40 heavy (non-hydrogen) atoms. The SMILES string of the molecule is COc1cc2nccc(Oc3ccc(NC(=O)Oc4nn(C)c(=O)n(CC(C)(C)C)c4=O)cc3F)c2cc1OC. The average molecular weight is 554 g/mol. The van der Waals surface area contributed by atoms with Crippen molar-refractivity contribution in [3.8, 4) is 28.9 Å². The molecule has 0 saturated carbocycles. The molecule has 210 valence electrons. The van der Waals surface area contributed by atoms with Gasteiger partial charge in [-0.15, -0.1) is 5.10 Å². The normalized spacial score (nSPS) is 11.3. The first-order chi connectivity index (χ1) is 18.9. The highest BCUT2D eigenvalue weighted by Gasteiger charge is 2.21. The van der Waals surface area contributed by atoms with Crippen molar-refractivity contribution in [2.24, 2.45) is 12.5 Å². The van der Waals surface area contributed by atoms with Gasteiger partial charge < -0.3 is 18.9 Å². The number of anilines is 1. The molecule has 13 heteroatoms. The Balaban J connectivity index is 1.53. The molecule has 1 N–H and O–H groups in total. The smallest absolute Gasteiger partial charge is 0.418 e. The zero-order chi connectivity index (χ0) is 29.2. The number of methoxy groups -OCH3 is 2. The Morgan fingerprint density at radius 3 is 2.35 bits per heavy atom. The fourth-order valence-corrected chi connectivity index (χ4v) is 3.82. The number of benzene rings is 2. The Hall–Kier alpha value is -4.94. The topological polar surface area (TPSA) is 136 Å². The number of hydrogen-bond acceptors (Lipinski definition) is 9. The Morgan fingerprint density at radius 1 is 1.00 bits per heavy atom. The predicted octanol–water partition coefficient (Wildman–Crippen LogP) is 4.10. The van der Waals surface area contributed by atoms with Gasteiger partial charge in [-0.3, -0.25) is 19.7 Å². The number of pyridine rings is 1. The number of aryl methyl sites for hydroxylation is 1. The van der Waals surface area contributed by atoms with E-state index in [-0.39, 0.29) is 18.0 Å². The van der Waals surface area contributed by atoms with E-state index in [1.165, 1.54) is 39.6 Å². The maximum Gasteiger partial charge on any atom is 0.418 e. The highest BCUT2D eigenvalue weighted by molar-refractivity contribution is 5.88. The minimum Gasteiger partial charge on any atom is -0.493 e. The van der Waals surface area contributed by atoms with Crippen molar-refractivity contribution >= 4 is 22.7 Å². The van der Waals surface area contributed by atoms with Crippen LogP contribution in [0.3, 0.4) is 0 Å². The number of nitrogens with zero attached hydrogens (tertiary/aromatic N) is 4. The number of carbonyl (C=O) groups is 1. The molecule has 0 radical (unpaired) electrons. The third-order valence-corrected chi connectivity index (χ3v) is 5.60. The second-order valence-electron chi connectivity index (χ2n) is 9.96. The quantitative estimate of drug-likeness (QED) is 0.359. The number of amides is 1. The fraction of sp³-hybridized carbons (Fsp3) is 0.296. The maximum atomic E-state index is 15.0. The summed E-state index contributed by atoms with van der Waals surface area (Å²) in [5.41, 5.74) is -1.34. The van der Waals surface area contributed by atoms with E-state index in [4.69, 9.17) is 18.9 Å². The largest absolute Gasteiger partial charge is 0.493 e. The molecular weight excluding hydrogens is 525 g/mol. The molecule has 0 aliphatic rings. The van der Waals surface area contributed by atoms with Crippen LogP contribution >= 0.6 is 0 Å². The molecule has 0 aliphatic carbocycles. The van der Waals surface area contributed by atoms with Gasteiger partial charge in [0, 0.05) is 43.0 Å². The van der Waals surface area contributed by atoms with E-state index >= 15 is 0 Å². The first kappa shape index (κ1) is 28.1. The van der Waals surface area contributed by atoms with Crippen LogP contribution in [0.15, 0.2) is 52.2 Å². The van der Waals surface area contributed by atoms with Crippen molar-refractivity contribution in [3.05, 3.63) is 69.3 Å². The van der Waals surface area contributed by atoms with Crippen LogP contribution in [0.4, 0.5) is 14.9 Å². The lowest BCUT2D eigenvalue weighted by atomic mass is 9.97. The number of hydrogen-bond donors (Lipinski definition) is 1. The molecule has 0 bridgehead atoms. The highest BCUT2D eigenvalue weighted by atomic mass is 19.1. The van der Waals surface area contributed by atoms with Crippen molar-refractivity contribution in [2.75, 3.05) is 19.5 Å². The summed E-state index contributed by atoms with van der Waals surface area (Å²) in [6.07, 6.45) is 0.413. The summed E-state index contributed by atoms with van der Waals surface area (Å²) in [5.74, 6) is -0.251. The monoisotopic (exact) mass is 553 g/mol. The van der Waals surface area contributed by atoms with Gasteiger partial charge in [0.05, 0.1) is 19.7 Å². The summed E-state index contributed by atoms with van der Waals surface area (Å²) in [6, 6.07) is 8.65. The van der Waals surface area contributed by atoms with Crippen molar-refractivity contribution in [1.82, 2.24) is 19.3 Å². The second kappa shape index (κ2) is 11.0. The third kappa shape index (κ3) is 6.03. The Kier molecular flexibility index (Phi) is 7.75. The van der Waals surface area contributed by atoms with E-state index in [9.17, 15) is 18.8 Å². The van der Waals surface area contributed by atoms with Crippen LogP contribution in [0.25, 0.3) is 10.9 Å². The summed E-state index contributed by atoms with van der Waals surface area (Å²) in [7, 11) is 4.33. The molecule has 2 aromatic carbocycles. The van der Waals surface area contributed by atoms with E-state index < -0.39 is 34.5 Å². The number of halogens is 1. The lowest BCUT2D eigenvalue weighted by Crippen LogP contribution is -2.44. The molecule has 0 atom stereocenters. The van der Waals surface area contributed by atoms with Crippen LogP contribution in [0.5, 0.6) is 28.9 Å². The van der Waals surface area contributed by atoms with Gasteiger partial charge in [-0.05, 0) is 29.7 Å². The third-order valence-electron chi connectivity index (χ3n) is 5.60. The number of rotatable bonds is 7. The Bertz CT molecular complexity index is 1710. The Morgan fingerprint density at radius 2 is 1.70 bits per heavy atom. The average Bonchev–Trinajstić information content (AvgIpc) is 2.90. The minimum absolute atomic E-state index is 0.0284. The van der Waals surface area contributed by atoms with E-state index in [1.54, 1.807) is 18.2 Å². The van der Waals surface area contributed by atoms with Gasteiger partial charge >= 0.3 is 23.2 Å². The molecule has 0 unspecified atom stereocenters. The van der Waals surface area contributed by atoms with Crippen LogP contribution in [-0.2, 0) is 13.6 Å². The standard InChI is InChI=1S/C27H28FN5O7/c1-27(2,3)14-33-24(34)23(31-32(4)26(33)36)40-25(35)30-15-7-8-20(17(28)11-15)39-19-9-10-29-18-13-22(38-6)21(37-5)12-16(18)19/h7-13H,14H2,1-6H3,(H,30,35). The van der Waals surface area contributed by atoms with Crippen molar-refractivity contribution in [3.63, 3.8) is 0 Å². The summed E-state index contributed by atoms with van der Waals surface area (Å²) >= 11 is 0.